The lowest BCUT2D eigenvalue weighted by Crippen LogP contribution is -1.95. The molecule has 0 fully saturated rings. The summed E-state index contributed by atoms with van der Waals surface area (Å²) in [5.74, 6) is 0. The number of para-hydroxylation sites is 2. The fourth-order valence-corrected chi connectivity index (χ4v) is 6.62. The van der Waals surface area contributed by atoms with Crippen molar-refractivity contribution in [3.05, 3.63) is 133 Å². The summed E-state index contributed by atoms with van der Waals surface area (Å²) in [5.41, 5.74) is 8.83. The zero-order valence-corrected chi connectivity index (χ0v) is 23.4. The smallest absolute Gasteiger partial charge is 0.136 e. The SMILES string of the molecule is c1ccc2cc3c(cc2c1)oc1ccc(-c2nc4ccccc4nc2-c2ccc4oc5cc6ccccc6cc5c4c2)cc13. The van der Waals surface area contributed by atoms with Gasteiger partial charge in [-0.1, -0.05) is 60.7 Å². The quantitative estimate of drug-likeness (QED) is 0.210. The molecule has 10 aromatic rings. The van der Waals surface area contributed by atoms with Gasteiger partial charge in [-0.25, -0.2) is 9.97 Å². The van der Waals surface area contributed by atoms with Crippen molar-refractivity contribution in [1.29, 1.82) is 0 Å². The zero-order chi connectivity index (χ0) is 28.8. The van der Waals surface area contributed by atoms with Crippen molar-refractivity contribution >= 4 is 76.5 Å². The molecule has 0 aliphatic carbocycles. The third kappa shape index (κ3) is 3.45. The molecule has 4 nitrogen and oxygen atoms in total. The van der Waals surface area contributed by atoms with E-state index >= 15 is 0 Å². The molecule has 0 atom stereocenters. The lowest BCUT2D eigenvalue weighted by Gasteiger charge is -2.11. The lowest BCUT2D eigenvalue weighted by molar-refractivity contribution is 0.669. The van der Waals surface area contributed by atoms with Gasteiger partial charge in [0.25, 0.3) is 0 Å². The zero-order valence-electron chi connectivity index (χ0n) is 23.4. The fraction of sp³-hybridized carbons (Fsp3) is 0. The van der Waals surface area contributed by atoms with E-state index in [1.165, 1.54) is 10.8 Å². The average Bonchev–Trinajstić information content (AvgIpc) is 3.61. The Morgan fingerprint density at radius 1 is 0.341 bits per heavy atom. The van der Waals surface area contributed by atoms with Gasteiger partial charge in [-0.2, -0.15) is 0 Å². The van der Waals surface area contributed by atoms with Gasteiger partial charge in [0, 0.05) is 32.7 Å². The molecule has 7 aromatic carbocycles. The van der Waals surface area contributed by atoms with Crippen molar-refractivity contribution < 1.29 is 8.83 Å². The van der Waals surface area contributed by atoms with Gasteiger partial charge in [0.15, 0.2) is 0 Å². The predicted molar refractivity (Wildman–Crippen MR) is 180 cm³/mol. The predicted octanol–water partition coefficient (Wildman–Crippen LogP) is 11.1. The van der Waals surface area contributed by atoms with E-state index in [0.29, 0.717) is 0 Å². The molecule has 0 aliphatic rings. The van der Waals surface area contributed by atoms with Crippen LogP contribution in [-0.2, 0) is 0 Å². The van der Waals surface area contributed by atoms with Gasteiger partial charge < -0.3 is 8.83 Å². The molecule has 44 heavy (non-hydrogen) atoms. The summed E-state index contributed by atoms with van der Waals surface area (Å²) >= 11 is 0. The number of benzene rings is 7. The summed E-state index contributed by atoms with van der Waals surface area (Å²) < 4.78 is 12.6. The molecule has 0 unspecified atom stereocenters. The van der Waals surface area contributed by atoms with Crippen molar-refractivity contribution in [3.8, 4) is 22.5 Å². The normalized spacial score (nSPS) is 12.1. The standard InChI is InChI=1S/C40H22N2O2/c1-3-9-25-21-37-31(17-23(25)7-1)29-19-27(13-15-35(29)43-37)39-40(42-34-12-6-5-11-33(34)41-39)28-14-16-36-30(20-28)32-18-24-8-2-4-10-26(24)22-38(32)44-36/h1-22H. The Balaban J connectivity index is 1.22. The van der Waals surface area contributed by atoms with Crippen LogP contribution in [0.2, 0.25) is 0 Å². The van der Waals surface area contributed by atoms with Crippen LogP contribution in [0.5, 0.6) is 0 Å². The Kier molecular flexibility index (Phi) is 4.69. The van der Waals surface area contributed by atoms with Crippen LogP contribution in [0.25, 0.3) is 99.0 Å². The number of aromatic nitrogens is 2. The third-order valence-electron chi connectivity index (χ3n) is 8.79. The first-order valence-electron chi connectivity index (χ1n) is 14.7. The van der Waals surface area contributed by atoms with Gasteiger partial charge in [-0.05, 0) is 94.3 Å². The van der Waals surface area contributed by atoms with Crippen LogP contribution in [0, 0.1) is 0 Å². The molecule has 0 saturated heterocycles. The highest BCUT2D eigenvalue weighted by Crippen LogP contribution is 2.39. The van der Waals surface area contributed by atoms with E-state index in [1.807, 2.05) is 36.4 Å². The van der Waals surface area contributed by atoms with E-state index in [-0.39, 0.29) is 0 Å². The van der Waals surface area contributed by atoms with E-state index in [4.69, 9.17) is 18.8 Å². The van der Waals surface area contributed by atoms with Crippen molar-refractivity contribution in [1.82, 2.24) is 9.97 Å². The molecule has 0 N–H and O–H groups in total. The Hall–Kier alpha value is -6.00. The highest BCUT2D eigenvalue weighted by molar-refractivity contribution is 6.12. The van der Waals surface area contributed by atoms with Gasteiger partial charge in [0.1, 0.15) is 22.3 Å². The maximum atomic E-state index is 6.30. The summed E-state index contributed by atoms with van der Waals surface area (Å²) in [5, 5.41) is 9.01. The van der Waals surface area contributed by atoms with E-state index in [2.05, 4.69) is 97.1 Å². The molecule has 4 heteroatoms. The Bertz CT molecular complexity index is 2590. The molecule has 0 amide bonds. The minimum absolute atomic E-state index is 0.832. The summed E-state index contributed by atoms with van der Waals surface area (Å²) in [7, 11) is 0. The molecule has 0 radical (unpaired) electrons. The first-order valence-corrected chi connectivity index (χ1v) is 14.7. The summed E-state index contributed by atoms with van der Waals surface area (Å²) in [6, 6.07) is 46.2. The molecular weight excluding hydrogens is 540 g/mol. The van der Waals surface area contributed by atoms with Crippen molar-refractivity contribution in [2.75, 3.05) is 0 Å². The average molecular weight is 563 g/mol. The van der Waals surface area contributed by atoms with Gasteiger partial charge in [0.05, 0.1) is 22.4 Å². The second kappa shape index (κ2) is 8.76. The minimum Gasteiger partial charge on any atom is -0.456 e. The highest BCUT2D eigenvalue weighted by Gasteiger charge is 2.18. The van der Waals surface area contributed by atoms with Crippen LogP contribution in [0.1, 0.15) is 0 Å². The van der Waals surface area contributed by atoms with Gasteiger partial charge in [0.2, 0.25) is 0 Å². The largest absolute Gasteiger partial charge is 0.456 e. The fourth-order valence-electron chi connectivity index (χ4n) is 6.62. The maximum Gasteiger partial charge on any atom is 0.136 e. The van der Waals surface area contributed by atoms with Crippen LogP contribution in [-0.4, -0.2) is 9.97 Å². The van der Waals surface area contributed by atoms with E-state index in [0.717, 1.165) is 88.2 Å². The molecule has 10 rings (SSSR count). The number of rotatable bonds is 2. The molecule has 0 bridgehead atoms. The van der Waals surface area contributed by atoms with Crippen LogP contribution in [0.4, 0.5) is 0 Å². The third-order valence-corrected chi connectivity index (χ3v) is 8.79. The number of fused-ring (bicyclic) bond motifs is 9. The number of furan rings is 2. The summed E-state index contributed by atoms with van der Waals surface area (Å²) in [4.78, 5) is 10.4. The van der Waals surface area contributed by atoms with E-state index < -0.39 is 0 Å². The second-order valence-corrected chi connectivity index (χ2v) is 11.4. The van der Waals surface area contributed by atoms with Crippen LogP contribution < -0.4 is 0 Å². The number of nitrogens with zero attached hydrogens (tertiary/aromatic N) is 2. The minimum atomic E-state index is 0.832. The molecule has 0 saturated carbocycles. The van der Waals surface area contributed by atoms with Gasteiger partial charge in [-0.3, -0.25) is 0 Å². The molecule has 0 spiro atoms. The molecule has 3 heterocycles. The maximum absolute atomic E-state index is 6.30. The van der Waals surface area contributed by atoms with Crippen molar-refractivity contribution in [2.24, 2.45) is 0 Å². The van der Waals surface area contributed by atoms with Crippen LogP contribution >= 0.6 is 0 Å². The first kappa shape index (κ1) is 23.6. The Morgan fingerprint density at radius 2 is 0.727 bits per heavy atom. The van der Waals surface area contributed by atoms with E-state index in [1.54, 1.807) is 0 Å². The van der Waals surface area contributed by atoms with Crippen molar-refractivity contribution in [2.45, 2.75) is 0 Å². The van der Waals surface area contributed by atoms with Gasteiger partial charge >= 0.3 is 0 Å². The highest BCUT2D eigenvalue weighted by atomic mass is 16.3. The van der Waals surface area contributed by atoms with Crippen LogP contribution in [0.15, 0.2) is 142 Å². The molecule has 204 valence electrons. The molecular formula is C40H22N2O2. The Morgan fingerprint density at radius 3 is 1.18 bits per heavy atom. The Labute approximate surface area is 250 Å². The first-order chi connectivity index (χ1) is 21.7. The topological polar surface area (TPSA) is 52.1 Å². The summed E-state index contributed by atoms with van der Waals surface area (Å²) in [6.07, 6.45) is 0. The van der Waals surface area contributed by atoms with Crippen LogP contribution in [0.3, 0.4) is 0 Å². The second-order valence-electron chi connectivity index (χ2n) is 11.4. The van der Waals surface area contributed by atoms with E-state index in [9.17, 15) is 0 Å². The monoisotopic (exact) mass is 562 g/mol. The number of hydrogen-bond acceptors (Lipinski definition) is 4. The molecule has 3 aromatic heterocycles. The van der Waals surface area contributed by atoms with Gasteiger partial charge in [-0.15, -0.1) is 0 Å². The number of hydrogen-bond donors (Lipinski definition) is 0. The van der Waals surface area contributed by atoms with Crippen molar-refractivity contribution in [3.63, 3.8) is 0 Å². The summed E-state index contributed by atoms with van der Waals surface area (Å²) in [6.45, 7) is 0. The lowest BCUT2D eigenvalue weighted by atomic mass is 9.99. The molecule has 0 aliphatic heterocycles.